The molecule has 0 atom stereocenters. The van der Waals surface area contributed by atoms with Crippen molar-refractivity contribution < 1.29 is 9.53 Å². The van der Waals surface area contributed by atoms with Crippen LogP contribution in [0.4, 0.5) is 4.79 Å². The predicted octanol–water partition coefficient (Wildman–Crippen LogP) is 5.51. The zero-order chi connectivity index (χ0) is 23.5. The molecule has 2 heterocycles. The lowest BCUT2D eigenvalue weighted by molar-refractivity contribution is 0.0526. The number of benzene rings is 1. The Balaban J connectivity index is 1.95. The molecule has 0 spiro atoms. The first-order valence-corrected chi connectivity index (χ1v) is 12.4. The van der Waals surface area contributed by atoms with Gasteiger partial charge in [-0.2, -0.15) is 0 Å². The number of hydrogen-bond donors (Lipinski definition) is 1. The third-order valence-corrected chi connectivity index (χ3v) is 5.80. The van der Waals surface area contributed by atoms with E-state index in [4.69, 9.17) is 16.3 Å². The number of alkyl carbamates (subject to hydrolysis) is 1. The second-order valence-corrected chi connectivity index (χ2v) is 10.2. The summed E-state index contributed by atoms with van der Waals surface area (Å²) in [4.78, 5) is 34.2. The predicted molar refractivity (Wildman–Crippen MR) is 133 cm³/mol. The van der Waals surface area contributed by atoms with Gasteiger partial charge in [-0.15, -0.1) is 0 Å². The molecule has 0 aliphatic rings. The van der Waals surface area contributed by atoms with Crippen LogP contribution < -0.4 is 10.9 Å². The molecule has 2 aromatic heterocycles. The van der Waals surface area contributed by atoms with E-state index in [0.29, 0.717) is 46.5 Å². The Hall–Kier alpha value is -2.10. The second-order valence-electron chi connectivity index (χ2n) is 8.06. The van der Waals surface area contributed by atoms with Crippen LogP contribution in [0.25, 0.3) is 22.2 Å². The summed E-state index contributed by atoms with van der Waals surface area (Å²) in [6.45, 7) is 6.13. The number of fused-ring (bicyclic) bond motifs is 1. The van der Waals surface area contributed by atoms with E-state index in [1.807, 2.05) is 12.3 Å². The number of aryl methyl sites for hydroxylation is 1. The number of ether oxygens (including phenoxy) is 1. The van der Waals surface area contributed by atoms with Gasteiger partial charge in [-0.1, -0.05) is 45.4 Å². The van der Waals surface area contributed by atoms with Gasteiger partial charge in [0.05, 0.1) is 0 Å². The fourth-order valence-electron chi connectivity index (χ4n) is 3.09. The van der Waals surface area contributed by atoms with Crippen molar-refractivity contribution in [3.05, 3.63) is 50.3 Å². The zero-order valence-electron chi connectivity index (χ0n) is 18.2. The maximum atomic E-state index is 13.4. The molecular formula is C22H24BrClN4O3S. The number of aromatic nitrogens is 3. The van der Waals surface area contributed by atoms with Gasteiger partial charge in [0.15, 0.2) is 5.16 Å². The normalized spacial score (nSPS) is 11.6. The molecule has 3 aromatic rings. The Morgan fingerprint density at radius 1 is 1.28 bits per heavy atom. The Kier molecular flexibility index (Phi) is 7.84. The minimum Gasteiger partial charge on any atom is -0.444 e. The van der Waals surface area contributed by atoms with Crippen molar-refractivity contribution in [3.63, 3.8) is 0 Å². The number of amides is 1. The average Bonchev–Trinajstić information content (AvgIpc) is 2.71. The maximum absolute atomic E-state index is 13.4. The van der Waals surface area contributed by atoms with Crippen LogP contribution in [0.15, 0.2) is 44.9 Å². The third-order valence-electron chi connectivity index (χ3n) is 4.44. The number of hydrogen-bond acceptors (Lipinski definition) is 6. The smallest absolute Gasteiger partial charge is 0.407 e. The second kappa shape index (κ2) is 10.2. The van der Waals surface area contributed by atoms with Crippen molar-refractivity contribution >= 4 is 56.4 Å². The highest BCUT2D eigenvalue weighted by molar-refractivity contribution is 9.10. The number of nitrogens with zero attached hydrogens (tertiary/aromatic N) is 3. The highest BCUT2D eigenvalue weighted by Crippen LogP contribution is 2.30. The van der Waals surface area contributed by atoms with E-state index in [0.717, 1.165) is 9.86 Å². The van der Waals surface area contributed by atoms with Crippen molar-refractivity contribution in [1.29, 1.82) is 0 Å². The molecule has 0 unspecified atom stereocenters. The fraction of sp³-hybridized carbons (Fsp3) is 0.364. The van der Waals surface area contributed by atoms with Crippen LogP contribution in [0, 0.1) is 0 Å². The Bertz CT molecular complexity index is 1210. The van der Waals surface area contributed by atoms with Gasteiger partial charge in [0.1, 0.15) is 11.2 Å². The molecule has 0 bridgehead atoms. The first-order chi connectivity index (χ1) is 15.1. The molecule has 3 rings (SSSR count). The average molecular weight is 540 g/mol. The minimum absolute atomic E-state index is 0.204. The van der Waals surface area contributed by atoms with Gasteiger partial charge in [0, 0.05) is 45.3 Å². The summed E-state index contributed by atoms with van der Waals surface area (Å²) in [5, 5.41) is 4.50. The zero-order valence-corrected chi connectivity index (χ0v) is 21.4. The van der Waals surface area contributed by atoms with Crippen molar-refractivity contribution in [3.8, 4) is 11.1 Å². The van der Waals surface area contributed by atoms with Crippen LogP contribution in [-0.2, 0) is 11.3 Å². The van der Waals surface area contributed by atoms with Crippen molar-refractivity contribution in [2.24, 2.45) is 0 Å². The number of carbonyl (C=O) groups excluding carboxylic acids is 1. The lowest BCUT2D eigenvalue weighted by Crippen LogP contribution is -2.33. The van der Waals surface area contributed by atoms with Crippen molar-refractivity contribution in [2.45, 2.75) is 44.5 Å². The molecule has 1 N–H and O–H groups in total. The highest BCUT2D eigenvalue weighted by atomic mass is 79.9. The molecule has 0 aliphatic heterocycles. The largest absolute Gasteiger partial charge is 0.444 e. The molecule has 0 fully saturated rings. The van der Waals surface area contributed by atoms with Crippen LogP contribution in [0.2, 0.25) is 5.02 Å². The number of carbonyl (C=O) groups is 1. The molecule has 0 saturated carbocycles. The summed E-state index contributed by atoms with van der Waals surface area (Å²) in [5.41, 5.74) is 0.876. The molecule has 1 amide bonds. The standard InChI is InChI=1S/C22H24BrClN4O3S/c1-22(2,3)31-21(30)25-8-5-9-28-18-13(12-26-20(27-18)32-4)10-16(19(28)29)15-7-6-14(23)11-17(15)24/h6-7,10-12H,5,8-9H2,1-4H3,(H,25,30). The quantitative estimate of drug-likeness (QED) is 0.252. The van der Waals surface area contributed by atoms with Gasteiger partial charge in [0.2, 0.25) is 0 Å². The number of nitrogens with one attached hydrogen (secondary N) is 1. The van der Waals surface area contributed by atoms with Gasteiger partial charge < -0.3 is 10.1 Å². The summed E-state index contributed by atoms with van der Waals surface area (Å²) in [6.07, 6.45) is 3.62. The molecule has 0 aliphatic carbocycles. The first-order valence-electron chi connectivity index (χ1n) is 9.96. The SMILES string of the molecule is CSc1ncc2cc(-c3ccc(Br)cc3Cl)c(=O)n(CCCNC(=O)OC(C)(C)C)c2n1. The summed E-state index contributed by atoms with van der Waals surface area (Å²) >= 11 is 11.2. The Morgan fingerprint density at radius 3 is 2.69 bits per heavy atom. The van der Waals surface area contributed by atoms with E-state index in [1.165, 1.54) is 11.8 Å². The van der Waals surface area contributed by atoms with Gasteiger partial charge in [0.25, 0.3) is 5.56 Å². The summed E-state index contributed by atoms with van der Waals surface area (Å²) in [6, 6.07) is 7.17. The van der Waals surface area contributed by atoms with E-state index >= 15 is 0 Å². The van der Waals surface area contributed by atoms with Crippen LogP contribution in [0.5, 0.6) is 0 Å². The minimum atomic E-state index is -0.569. The lowest BCUT2D eigenvalue weighted by Gasteiger charge is -2.19. The summed E-state index contributed by atoms with van der Waals surface area (Å²) in [5.74, 6) is 0. The van der Waals surface area contributed by atoms with Gasteiger partial charge in [-0.25, -0.2) is 14.8 Å². The Morgan fingerprint density at radius 2 is 2.03 bits per heavy atom. The number of thioether (sulfide) groups is 1. The van der Waals surface area contributed by atoms with E-state index in [9.17, 15) is 9.59 Å². The number of rotatable bonds is 6. The van der Waals surface area contributed by atoms with E-state index < -0.39 is 11.7 Å². The summed E-state index contributed by atoms with van der Waals surface area (Å²) < 4.78 is 7.69. The van der Waals surface area contributed by atoms with Crippen molar-refractivity contribution in [1.82, 2.24) is 19.9 Å². The number of halogens is 2. The molecular weight excluding hydrogens is 516 g/mol. The van der Waals surface area contributed by atoms with Crippen LogP contribution >= 0.6 is 39.3 Å². The molecule has 170 valence electrons. The molecule has 0 saturated heterocycles. The third kappa shape index (κ3) is 6.02. The van der Waals surface area contributed by atoms with Crippen LogP contribution in [0.3, 0.4) is 0 Å². The molecule has 7 nitrogen and oxygen atoms in total. The molecule has 10 heteroatoms. The summed E-state index contributed by atoms with van der Waals surface area (Å²) in [7, 11) is 0. The monoisotopic (exact) mass is 538 g/mol. The molecule has 32 heavy (non-hydrogen) atoms. The van der Waals surface area contributed by atoms with E-state index in [1.54, 1.807) is 49.7 Å². The van der Waals surface area contributed by atoms with Crippen LogP contribution in [0.1, 0.15) is 27.2 Å². The maximum Gasteiger partial charge on any atom is 0.407 e. The topological polar surface area (TPSA) is 86.1 Å². The van der Waals surface area contributed by atoms with E-state index in [-0.39, 0.29) is 5.56 Å². The lowest BCUT2D eigenvalue weighted by atomic mass is 10.1. The van der Waals surface area contributed by atoms with Gasteiger partial charge in [-0.05, 0) is 51.6 Å². The van der Waals surface area contributed by atoms with Gasteiger partial charge in [-0.3, -0.25) is 9.36 Å². The van der Waals surface area contributed by atoms with Crippen molar-refractivity contribution in [2.75, 3.05) is 12.8 Å². The fourth-order valence-corrected chi connectivity index (χ4v) is 4.20. The van der Waals surface area contributed by atoms with Gasteiger partial charge >= 0.3 is 6.09 Å². The molecule has 0 radical (unpaired) electrons. The number of pyridine rings is 1. The molecule has 1 aromatic carbocycles. The highest BCUT2D eigenvalue weighted by Gasteiger charge is 2.17. The van der Waals surface area contributed by atoms with E-state index in [2.05, 4.69) is 31.2 Å². The van der Waals surface area contributed by atoms with Crippen LogP contribution in [-0.4, -0.2) is 39.0 Å². The Labute approximate surface area is 204 Å². The first kappa shape index (κ1) is 24.5.